The van der Waals surface area contributed by atoms with Crippen molar-refractivity contribution in [3.63, 3.8) is 0 Å². The van der Waals surface area contributed by atoms with Gasteiger partial charge in [0.05, 0.1) is 0 Å². The predicted molar refractivity (Wildman–Crippen MR) is 72.0 cm³/mol. The molecule has 0 unspecified atom stereocenters. The fraction of sp³-hybridized carbons (Fsp3) is 0.833. The Bertz CT molecular complexity index is 201. The van der Waals surface area contributed by atoms with E-state index in [4.69, 9.17) is 11.6 Å². The summed E-state index contributed by atoms with van der Waals surface area (Å²) in [5.74, 6) is 5.67. The number of nitrogens with two attached hydrogens (primary N) is 2. The van der Waals surface area contributed by atoms with Crippen molar-refractivity contribution in [1.82, 2.24) is 15.2 Å². The molecule has 0 saturated carbocycles. The molecule has 1 saturated heterocycles. The van der Waals surface area contributed by atoms with E-state index in [9.17, 15) is 0 Å². The van der Waals surface area contributed by atoms with Crippen LogP contribution in [0.4, 0.5) is 0 Å². The van der Waals surface area contributed by atoms with Crippen molar-refractivity contribution in [2.24, 2.45) is 11.6 Å². The van der Waals surface area contributed by atoms with Crippen molar-refractivity contribution in [3.8, 4) is 0 Å². The Morgan fingerprint density at radius 1 is 1.12 bits per heavy atom. The van der Waals surface area contributed by atoms with E-state index in [2.05, 4.69) is 10.2 Å². The highest BCUT2D eigenvalue weighted by Crippen LogP contribution is 2.03. The lowest BCUT2D eigenvalue weighted by Crippen LogP contribution is -2.43. The van der Waals surface area contributed by atoms with Gasteiger partial charge in [-0.2, -0.15) is 0 Å². The van der Waals surface area contributed by atoms with Crippen molar-refractivity contribution >= 4 is 0 Å². The van der Waals surface area contributed by atoms with Crippen LogP contribution >= 0.6 is 0 Å². The minimum Gasteiger partial charge on any atom is -0.403 e. The van der Waals surface area contributed by atoms with E-state index in [1.54, 1.807) is 11.2 Å². The number of nitrogens with one attached hydrogen (secondary N) is 1. The zero-order valence-corrected chi connectivity index (χ0v) is 10.8. The van der Waals surface area contributed by atoms with Gasteiger partial charge in [-0.1, -0.05) is 12.8 Å². The minimum atomic E-state index is 0.890. The van der Waals surface area contributed by atoms with E-state index >= 15 is 0 Å². The molecule has 5 nitrogen and oxygen atoms in total. The van der Waals surface area contributed by atoms with Crippen molar-refractivity contribution in [2.75, 3.05) is 39.3 Å². The average Bonchev–Trinajstić information content (AvgIpc) is 2.35. The first-order valence-corrected chi connectivity index (χ1v) is 6.66. The van der Waals surface area contributed by atoms with Crippen molar-refractivity contribution < 1.29 is 0 Å². The molecule has 0 atom stereocenters. The molecule has 0 spiro atoms. The van der Waals surface area contributed by atoms with Crippen molar-refractivity contribution in [1.29, 1.82) is 0 Å². The van der Waals surface area contributed by atoms with E-state index in [1.807, 2.05) is 0 Å². The molecular weight excluding hydrogens is 214 g/mol. The fourth-order valence-electron chi connectivity index (χ4n) is 2.10. The third-order valence-corrected chi connectivity index (χ3v) is 3.13. The molecule has 0 amide bonds. The van der Waals surface area contributed by atoms with Crippen LogP contribution < -0.4 is 16.9 Å². The Kier molecular flexibility index (Phi) is 7.79. The number of hydrogen-bond donors (Lipinski definition) is 3. The van der Waals surface area contributed by atoms with Crippen LogP contribution in [0.15, 0.2) is 12.4 Å². The molecular formula is C12H27N5. The number of unbranched alkanes of at least 4 members (excludes halogenated alkanes) is 3. The molecule has 100 valence electrons. The number of hydrazine groups is 1. The molecule has 0 aliphatic carbocycles. The maximum absolute atomic E-state index is 5.67. The fourth-order valence-corrected chi connectivity index (χ4v) is 2.10. The second-order valence-corrected chi connectivity index (χ2v) is 4.59. The Morgan fingerprint density at radius 3 is 2.53 bits per heavy atom. The Labute approximate surface area is 105 Å². The highest BCUT2D eigenvalue weighted by atomic mass is 15.4. The maximum Gasteiger partial charge on any atom is 0.0335 e. The molecule has 1 rings (SSSR count). The van der Waals surface area contributed by atoms with Crippen LogP contribution in [0.2, 0.25) is 0 Å². The second kappa shape index (κ2) is 9.27. The van der Waals surface area contributed by atoms with E-state index in [1.165, 1.54) is 45.1 Å². The zero-order chi connectivity index (χ0) is 12.3. The number of piperazine rings is 1. The van der Waals surface area contributed by atoms with Crippen LogP contribution in [-0.4, -0.2) is 49.2 Å². The quantitative estimate of drug-likeness (QED) is 0.318. The topological polar surface area (TPSA) is 70.5 Å². The molecule has 0 aromatic carbocycles. The third-order valence-electron chi connectivity index (χ3n) is 3.13. The number of rotatable bonds is 8. The summed E-state index contributed by atoms with van der Waals surface area (Å²) in [7, 11) is 0. The lowest BCUT2D eigenvalue weighted by Gasteiger charge is -2.27. The Morgan fingerprint density at radius 2 is 1.82 bits per heavy atom. The smallest absolute Gasteiger partial charge is 0.0335 e. The third kappa shape index (κ3) is 7.20. The van der Waals surface area contributed by atoms with E-state index in [-0.39, 0.29) is 0 Å². The van der Waals surface area contributed by atoms with E-state index < -0.39 is 0 Å². The predicted octanol–water partition coefficient (Wildman–Crippen LogP) is 0.0576. The standard InChI is InChI=1S/C12H27N5/c13-5-10-17(14)9-4-2-1-3-8-16-11-6-15-7-12-16/h5,10,15H,1-4,6-9,11-14H2. The van der Waals surface area contributed by atoms with Gasteiger partial charge in [-0.25, -0.2) is 5.84 Å². The highest BCUT2D eigenvalue weighted by molar-refractivity contribution is 4.73. The first-order valence-electron chi connectivity index (χ1n) is 6.66. The molecule has 17 heavy (non-hydrogen) atoms. The summed E-state index contributed by atoms with van der Waals surface area (Å²) in [5, 5.41) is 5.02. The lowest BCUT2D eigenvalue weighted by molar-refractivity contribution is 0.235. The second-order valence-electron chi connectivity index (χ2n) is 4.59. The molecule has 0 bridgehead atoms. The Hall–Kier alpha value is -0.780. The first-order chi connectivity index (χ1) is 8.33. The molecule has 1 heterocycles. The SMILES string of the molecule is NC=CN(N)CCCCCCN1CCNCC1. The molecule has 1 aliphatic rings. The first kappa shape index (κ1) is 14.3. The van der Waals surface area contributed by atoms with Crippen molar-refractivity contribution in [3.05, 3.63) is 12.4 Å². The van der Waals surface area contributed by atoms with Gasteiger partial charge in [-0.15, -0.1) is 0 Å². The molecule has 1 aliphatic heterocycles. The van der Waals surface area contributed by atoms with Gasteiger partial charge < -0.3 is 21.0 Å². The maximum atomic E-state index is 5.67. The van der Waals surface area contributed by atoms with Crippen LogP contribution in [0.25, 0.3) is 0 Å². The largest absolute Gasteiger partial charge is 0.403 e. The van der Waals surface area contributed by atoms with Crippen LogP contribution in [0.1, 0.15) is 25.7 Å². The molecule has 1 fully saturated rings. The molecule has 0 radical (unpaired) electrons. The number of hydrogen-bond acceptors (Lipinski definition) is 5. The summed E-state index contributed by atoms with van der Waals surface area (Å²) in [6.45, 7) is 6.84. The number of nitrogens with zero attached hydrogens (tertiary/aromatic N) is 2. The summed E-state index contributed by atoms with van der Waals surface area (Å²) in [5.41, 5.74) is 5.25. The normalized spacial score (nSPS) is 17.7. The Balaban J connectivity index is 1.87. The van der Waals surface area contributed by atoms with Gasteiger partial charge in [0.1, 0.15) is 0 Å². The minimum absolute atomic E-state index is 0.890. The van der Waals surface area contributed by atoms with Gasteiger partial charge in [0, 0.05) is 45.1 Å². The zero-order valence-electron chi connectivity index (χ0n) is 10.8. The van der Waals surface area contributed by atoms with Crippen molar-refractivity contribution in [2.45, 2.75) is 25.7 Å². The summed E-state index contributed by atoms with van der Waals surface area (Å²) >= 11 is 0. The molecule has 0 aromatic heterocycles. The van der Waals surface area contributed by atoms with E-state index in [0.717, 1.165) is 26.1 Å². The molecule has 5 N–H and O–H groups in total. The van der Waals surface area contributed by atoms with Gasteiger partial charge in [0.15, 0.2) is 0 Å². The summed E-state index contributed by atoms with van der Waals surface area (Å²) in [6.07, 6.45) is 8.17. The average molecular weight is 241 g/mol. The summed E-state index contributed by atoms with van der Waals surface area (Å²) in [6, 6.07) is 0. The van der Waals surface area contributed by atoms with Gasteiger partial charge >= 0.3 is 0 Å². The van der Waals surface area contributed by atoms with Crippen LogP contribution in [0, 0.1) is 0 Å². The van der Waals surface area contributed by atoms with Gasteiger partial charge in [-0.3, -0.25) is 0 Å². The van der Waals surface area contributed by atoms with Crippen LogP contribution in [-0.2, 0) is 0 Å². The van der Waals surface area contributed by atoms with E-state index in [0.29, 0.717) is 0 Å². The summed E-state index contributed by atoms with van der Waals surface area (Å²) in [4.78, 5) is 2.54. The van der Waals surface area contributed by atoms with Gasteiger partial charge in [0.25, 0.3) is 0 Å². The lowest BCUT2D eigenvalue weighted by atomic mass is 10.2. The molecule has 5 heteroatoms. The molecule has 0 aromatic rings. The monoisotopic (exact) mass is 241 g/mol. The highest BCUT2D eigenvalue weighted by Gasteiger charge is 2.07. The van der Waals surface area contributed by atoms with Gasteiger partial charge in [0.2, 0.25) is 0 Å². The summed E-state index contributed by atoms with van der Waals surface area (Å²) < 4.78 is 0. The van der Waals surface area contributed by atoms with Gasteiger partial charge in [-0.05, 0) is 19.4 Å². The van der Waals surface area contributed by atoms with Crippen LogP contribution in [0.5, 0.6) is 0 Å². The van der Waals surface area contributed by atoms with Crippen LogP contribution in [0.3, 0.4) is 0 Å².